The van der Waals surface area contributed by atoms with Crippen molar-refractivity contribution in [2.75, 3.05) is 13.7 Å². The molecule has 1 aromatic rings. The molecular weight excluding hydrogens is 254 g/mol. The van der Waals surface area contributed by atoms with Gasteiger partial charge in [0.05, 0.1) is 7.11 Å². The van der Waals surface area contributed by atoms with Crippen LogP contribution in [-0.4, -0.2) is 18.9 Å². The van der Waals surface area contributed by atoms with Gasteiger partial charge in [0.15, 0.2) is 0 Å². The van der Waals surface area contributed by atoms with Crippen LogP contribution in [0.1, 0.15) is 52.1 Å². The number of ether oxygens (including phenoxy) is 1. The van der Waals surface area contributed by atoms with Gasteiger partial charge in [-0.25, -0.2) is 0 Å². The van der Waals surface area contributed by atoms with Crippen LogP contribution in [0.5, 0.6) is 5.75 Å². The maximum atomic E-state index is 5.55. The van der Waals surface area contributed by atoms with Crippen molar-refractivity contribution in [3.8, 4) is 5.75 Å². The van der Waals surface area contributed by atoms with Gasteiger partial charge in [-0.1, -0.05) is 26.8 Å². The second-order valence-electron chi connectivity index (χ2n) is 4.88. The van der Waals surface area contributed by atoms with E-state index in [9.17, 15) is 0 Å². The van der Waals surface area contributed by atoms with Crippen molar-refractivity contribution in [3.63, 3.8) is 0 Å². The molecule has 2 nitrogen and oxygen atoms in total. The Morgan fingerprint density at radius 3 is 2.58 bits per heavy atom. The Bertz CT molecular complexity index is 381. The number of nitrogens with one attached hydrogen (secondary N) is 1. The Labute approximate surface area is 122 Å². The molecule has 0 aliphatic rings. The van der Waals surface area contributed by atoms with Crippen LogP contribution in [0.2, 0.25) is 0 Å². The van der Waals surface area contributed by atoms with E-state index in [1.54, 1.807) is 7.11 Å². The van der Waals surface area contributed by atoms with Crippen LogP contribution in [-0.2, 0) is 0 Å². The molecule has 0 spiro atoms. The normalized spacial score (nSPS) is 14.2. The molecule has 0 amide bonds. The maximum absolute atomic E-state index is 5.55. The van der Waals surface area contributed by atoms with Crippen LogP contribution in [0.3, 0.4) is 0 Å². The molecule has 0 heterocycles. The van der Waals surface area contributed by atoms with Gasteiger partial charge in [0.1, 0.15) is 5.75 Å². The molecule has 0 saturated heterocycles. The maximum Gasteiger partial charge on any atom is 0.124 e. The predicted octanol–water partition coefficient (Wildman–Crippen LogP) is 4.65. The van der Waals surface area contributed by atoms with Crippen molar-refractivity contribution in [2.45, 2.75) is 56.7 Å². The van der Waals surface area contributed by atoms with Crippen LogP contribution in [0.15, 0.2) is 23.1 Å². The Hall–Kier alpha value is -0.670. The second-order valence-corrected chi connectivity index (χ2v) is 6.36. The SMILES string of the molecule is CCCNC(C)c1c(OC)cccc1SC(C)CC. The monoisotopic (exact) mass is 281 g/mol. The fourth-order valence-corrected chi connectivity index (χ4v) is 3.16. The molecule has 108 valence electrons. The van der Waals surface area contributed by atoms with Gasteiger partial charge in [-0.3, -0.25) is 0 Å². The first kappa shape index (κ1) is 16.4. The van der Waals surface area contributed by atoms with Crippen molar-refractivity contribution in [1.82, 2.24) is 5.32 Å². The first-order valence-corrected chi connectivity index (χ1v) is 8.08. The van der Waals surface area contributed by atoms with Gasteiger partial charge in [0.2, 0.25) is 0 Å². The summed E-state index contributed by atoms with van der Waals surface area (Å²) in [5, 5.41) is 4.19. The summed E-state index contributed by atoms with van der Waals surface area (Å²) in [7, 11) is 1.75. The first-order chi connectivity index (χ1) is 9.13. The Kier molecular flexibility index (Phi) is 7.32. The lowest BCUT2D eigenvalue weighted by Crippen LogP contribution is -2.20. The van der Waals surface area contributed by atoms with Gasteiger partial charge in [-0.05, 0) is 38.4 Å². The highest BCUT2D eigenvalue weighted by Crippen LogP contribution is 2.37. The summed E-state index contributed by atoms with van der Waals surface area (Å²) in [6.45, 7) is 9.95. The zero-order valence-corrected chi connectivity index (χ0v) is 13.6. The lowest BCUT2D eigenvalue weighted by Gasteiger charge is -2.21. The molecule has 2 unspecified atom stereocenters. The summed E-state index contributed by atoms with van der Waals surface area (Å²) in [6.07, 6.45) is 2.32. The highest BCUT2D eigenvalue weighted by Gasteiger charge is 2.17. The minimum absolute atomic E-state index is 0.322. The molecule has 0 aliphatic carbocycles. The topological polar surface area (TPSA) is 21.3 Å². The Morgan fingerprint density at radius 1 is 1.26 bits per heavy atom. The molecule has 0 fully saturated rings. The van der Waals surface area contributed by atoms with Crippen LogP contribution < -0.4 is 10.1 Å². The van der Waals surface area contributed by atoms with Crippen LogP contribution >= 0.6 is 11.8 Å². The summed E-state index contributed by atoms with van der Waals surface area (Å²) in [4.78, 5) is 1.34. The quantitative estimate of drug-likeness (QED) is 0.701. The summed E-state index contributed by atoms with van der Waals surface area (Å²) in [6, 6.07) is 6.67. The molecule has 3 heteroatoms. The standard InChI is InChI=1S/C16H27NOS/c1-6-11-17-13(4)16-14(18-5)9-8-10-15(16)19-12(3)7-2/h8-10,12-13,17H,6-7,11H2,1-5H3. The molecule has 1 aromatic carbocycles. The number of hydrogen-bond donors (Lipinski definition) is 1. The van der Waals surface area contributed by atoms with Crippen LogP contribution in [0.25, 0.3) is 0 Å². The van der Waals surface area contributed by atoms with E-state index < -0.39 is 0 Å². The Morgan fingerprint density at radius 2 is 2.00 bits per heavy atom. The average molecular weight is 281 g/mol. The molecule has 0 bridgehead atoms. The highest BCUT2D eigenvalue weighted by atomic mass is 32.2. The molecule has 1 rings (SSSR count). The molecule has 0 aromatic heterocycles. The summed E-state index contributed by atoms with van der Waals surface area (Å²) < 4.78 is 5.55. The summed E-state index contributed by atoms with van der Waals surface area (Å²) in [5.74, 6) is 0.990. The number of rotatable bonds is 8. The van der Waals surface area contributed by atoms with E-state index in [0.29, 0.717) is 11.3 Å². The van der Waals surface area contributed by atoms with E-state index in [-0.39, 0.29) is 0 Å². The summed E-state index contributed by atoms with van der Waals surface area (Å²) in [5.41, 5.74) is 1.30. The van der Waals surface area contributed by atoms with Crippen molar-refractivity contribution in [3.05, 3.63) is 23.8 Å². The minimum atomic E-state index is 0.322. The zero-order chi connectivity index (χ0) is 14.3. The largest absolute Gasteiger partial charge is 0.496 e. The number of benzene rings is 1. The molecule has 0 radical (unpaired) electrons. The highest BCUT2D eigenvalue weighted by molar-refractivity contribution is 8.00. The predicted molar refractivity (Wildman–Crippen MR) is 85.3 cm³/mol. The van der Waals surface area contributed by atoms with E-state index in [0.717, 1.165) is 18.7 Å². The first-order valence-electron chi connectivity index (χ1n) is 7.20. The lowest BCUT2D eigenvalue weighted by molar-refractivity contribution is 0.399. The average Bonchev–Trinajstić information content (AvgIpc) is 2.44. The van der Waals surface area contributed by atoms with Gasteiger partial charge in [-0.15, -0.1) is 11.8 Å². The van der Waals surface area contributed by atoms with Crippen molar-refractivity contribution >= 4 is 11.8 Å². The molecule has 1 N–H and O–H groups in total. The van der Waals surface area contributed by atoms with E-state index in [2.05, 4.69) is 51.2 Å². The van der Waals surface area contributed by atoms with Gasteiger partial charge < -0.3 is 10.1 Å². The third kappa shape index (κ3) is 4.73. The molecule has 0 aliphatic heterocycles. The molecule has 0 saturated carbocycles. The van der Waals surface area contributed by atoms with Gasteiger partial charge in [-0.2, -0.15) is 0 Å². The fourth-order valence-electron chi connectivity index (χ4n) is 1.99. The van der Waals surface area contributed by atoms with Crippen LogP contribution in [0.4, 0.5) is 0 Å². The summed E-state index contributed by atoms with van der Waals surface area (Å²) >= 11 is 1.94. The number of thioether (sulfide) groups is 1. The molecule has 2 atom stereocenters. The lowest BCUT2D eigenvalue weighted by atomic mass is 10.1. The third-order valence-electron chi connectivity index (χ3n) is 3.28. The number of methoxy groups -OCH3 is 1. The van der Waals surface area contributed by atoms with Crippen molar-refractivity contribution in [2.24, 2.45) is 0 Å². The van der Waals surface area contributed by atoms with Crippen molar-refractivity contribution in [1.29, 1.82) is 0 Å². The van der Waals surface area contributed by atoms with E-state index >= 15 is 0 Å². The minimum Gasteiger partial charge on any atom is -0.496 e. The molecule has 19 heavy (non-hydrogen) atoms. The smallest absolute Gasteiger partial charge is 0.124 e. The number of hydrogen-bond acceptors (Lipinski definition) is 3. The molecular formula is C16H27NOS. The van der Waals surface area contributed by atoms with Gasteiger partial charge >= 0.3 is 0 Å². The third-order valence-corrected chi connectivity index (χ3v) is 4.63. The van der Waals surface area contributed by atoms with E-state index in [4.69, 9.17) is 4.74 Å². The van der Waals surface area contributed by atoms with Gasteiger partial charge in [0, 0.05) is 21.8 Å². The second kappa shape index (κ2) is 8.49. The van der Waals surface area contributed by atoms with Crippen LogP contribution in [0, 0.1) is 0 Å². The van der Waals surface area contributed by atoms with E-state index in [1.807, 2.05) is 11.8 Å². The Balaban J connectivity index is 3.01. The van der Waals surface area contributed by atoms with Crippen molar-refractivity contribution < 1.29 is 4.74 Å². The van der Waals surface area contributed by atoms with E-state index in [1.165, 1.54) is 16.9 Å². The fraction of sp³-hybridized carbons (Fsp3) is 0.625. The zero-order valence-electron chi connectivity index (χ0n) is 12.8. The van der Waals surface area contributed by atoms with Gasteiger partial charge in [0.25, 0.3) is 0 Å².